The summed E-state index contributed by atoms with van der Waals surface area (Å²) in [4.78, 5) is 36.7. The van der Waals surface area contributed by atoms with Crippen molar-refractivity contribution < 1.29 is 19.2 Å². The Labute approximate surface area is 183 Å². The van der Waals surface area contributed by atoms with Crippen molar-refractivity contribution in [3.63, 3.8) is 0 Å². The molecule has 1 aliphatic heterocycles. The van der Waals surface area contributed by atoms with Crippen LogP contribution in [0.5, 0.6) is 0 Å². The molecular formula is C19H13BrN6O5. The van der Waals surface area contributed by atoms with Crippen LogP contribution in [0, 0.1) is 10.1 Å². The molecule has 0 aliphatic carbocycles. The molecular weight excluding hydrogens is 472 g/mol. The first kappa shape index (κ1) is 20.3. The van der Waals surface area contributed by atoms with E-state index in [1.54, 1.807) is 24.3 Å². The van der Waals surface area contributed by atoms with E-state index in [9.17, 15) is 19.7 Å². The number of tetrazole rings is 1. The number of ketones is 1. The molecule has 0 unspecified atom stereocenters. The van der Waals surface area contributed by atoms with Crippen LogP contribution < -0.4 is 5.32 Å². The van der Waals surface area contributed by atoms with Gasteiger partial charge in [0.2, 0.25) is 5.95 Å². The standard InChI is InChI=1S/C19H13BrN6O5/c1-31-18(28)15-14(17(27)11-3-2-4-13(9-11)26(29)30)16(10-5-7-12(20)8-6-10)25-19(21-15)22-23-24-25/h2-9,16H,1H3,(H,21,22,24)/t16-/m0/s1. The Hall–Kier alpha value is -3.93. The average Bonchev–Trinajstić information content (AvgIpc) is 3.26. The van der Waals surface area contributed by atoms with Gasteiger partial charge in [0.05, 0.1) is 17.6 Å². The van der Waals surface area contributed by atoms with Crippen LogP contribution in [0.15, 0.2) is 64.3 Å². The van der Waals surface area contributed by atoms with Gasteiger partial charge >= 0.3 is 5.97 Å². The third-order valence-electron chi connectivity index (χ3n) is 4.66. The fraction of sp³-hybridized carbons (Fsp3) is 0.105. The van der Waals surface area contributed by atoms with E-state index in [1.165, 1.54) is 30.0 Å². The first-order chi connectivity index (χ1) is 14.9. The quantitative estimate of drug-likeness (QED) is 0.250. The van der Waals surface area contributed by atoms with Crippen LogP contribution in [0.1, 0.15) is 22.0 Å². The summed E-state index contributed by atoms with van der Waals surface area (Å²) < 4.78 is 7.03. The van der Waals surface area contributed by atoms with Gasteiger partial charge < -0.3 is 10.1 Å². The molecule has 1 N–H and O–H groups in total. The van der Waals surface area contributed by atoms with E-state index in [2.05, 4.69) is 36.8 Å². The monoisotopic (exact) mass is 484 g/mol. The Morgan fingerprint density at radius 1 is 1.23 bits per heavy atom. The van der Waals surface area contributed by atoms with Crippen LogP contribution in [0.4, 0.5) is 11.6 Å². The molecule has 1 atom stereocenters. The van der Waals surface area contributed by atoms with Crippen molar-refractivity contribution in [2.24, 2.45) is 0 Å². The van der Waals surface area contributed by atoms with Gasteiger partial charge in [-0.15, -0.1) is 0 Å². The van der Waals surface area contributed by atoms with Crippen molar-refractivity contribution in [1.82, 2.24) is 20.2 Å². The normalized spacial score (nSPS) is 15.1. The fourth-order valence-corrected chi connectivity index (χ4v) is 3.52. The summed E-state index contributed by atoms with van der Waals surface area (Å²) in [6.45, 7) is 0. The summed E-state index contributed by atoms with van der Waals surface area (Å²) in [6, 6.07) is 11.4. The van der Waals surface area contributed by atoms with Gasteiger partial charge in [0, 0.05) is 22.2 Å². The van der Waals surface area contributed by atoms with Crippen LogP contribution in [0.25, 0.3) is 0 Å². The second kappa shape index (κ2) is 8.07. The minimum absolute atomic E-state index is 0.00512. The van der Waals surface area contributed by atoms with Crippen molar-refractivity contribution in [1.29, 1.82) is 0 Å². The molecule has 4 rings (SSSR count). The third-order valence-corrected chi connectivity index (χ3v) is 5.18. The number of fused-ring (bicyclic) bond motifs is 1. The molecule has 0 radical (unpaired) electrons. The first-order valence-corrected chi connectivity index (χ1v) is 9.62. The van der Waals surface area contributed by atoms with Crippen molar-refractivity contribution in [2.75, 3.05) is 12.4 Å². The number of ether oxygens (including phenoxy) is 1. The Morgan fingerprint density at radius 3 is 2.65 bits per heavy atom. The number of hydrogen-bond donors (Lipinski definition) is 1. The number of nitrogens with zero attached hydrogens (tertiary/aromatic N) is 5. The molecule has 0 saturated carbocycles. The summed E-state index contributed by atoms with van der Waals surface area (Å²) in [5, 5.41) is 25.4. The molecule has 11 nitrogen and oxygen atoms in total. The van der Waals surface area contributed by atoms with Crippen LogP contribution in [0.2, 0.25) is 0 Å². The summed E-state index contributed by atoms with van der Waals surface area (Å²) >= 11 is 3.37. The van der Waals surface area contributed by atoms with E-state index >= 15 is 0 Å². The number of methoxy groups -OCH3 is 1. The fourth-order valence-electron chi connectivity index (χ4n) is 3.26. The van der Waals surface area contributed by atoms with Crippen molar-refractivity contribution >= 4 is 39.3 Å². The Balaban J connectivity index is 1.94. The minimum atomic E-state index is -0.875. The minimum Gasteiger partial charge on any atom is -0.464 e. The summed E-state index contributed by atoms with van der Waals surface area (Å²) in [7, 11) is 1.18. The van der Waals surface area contributed by atoms with Gasteiger partial charge in [-0.25, -0.2) is 4.79 Å². The number of carbonyl (C=O) groups excluding carboxylic acids is 2. The molecule has 2 heterocycles. The van der Waals surface area contributed by atoms with E-state index in [0.717, 1.165) is 10.5 Å². The van der Waals surface area contributed by atoms with E-state index in [-0.39, 0.29) is 28.5 Å². The van der Waals surface area contributed by atoms with Gasteiger partial charge in [-0.1, -0.05) is 45.3 Å². The lowest BCUT2D eigenvalue weighted by atomic mass is 9.89. The van der Waals surface area contributed by atoms with E-state index < -0.39 is 22.7 Å². The van der Waals surface area contributed by atoms with Crippen LogP contribution >= 0.6 is 15.9 Å². The zero-order valence-electron chi connectivity index (χ0n) is 15.9. The lowest BCUT2D eigenvalue weighted by Gasteiger charge is -2.28. The molecule has 156 valence electrons. The number of aromatic nitrogens is 4. The van der Waals surface area contributed by atoms with E-state index in [0.29, 0.717) is 5.56 Å². The molecule has 31 heavy (non-hydrogen) atoms. The van der Waals surface area contributed by atoms with Gasteiger partial charge in [0.1, 0.15) is 11.7 Å². The van der Waals surface area contributed by atoms with Crippen molar-refractivity contribution in [3.8, 4) is 0 Å². The van der Waals surface area contributed by atoms with Gasteiger partial charge in [-0.3, -0.25) is 14.9 Å². The number of allylic oxidation sites excluding steroid dienone is 1. The van der Waals surface area contributed by atoms with Crippen LogP contribution in [-0.2, 0) is 9.53 Å². The number of carbonyl (C=O) groups is 2. The SMILES string of the molecule is COC(=O)C1=C(C(=O)c2cccc([N+](=O)[O-])c2)[C@H](c2ccc(Br)cc2)n2nnnc2N1. The Kier molecular flexibility index (Phi) is 5.29. The highest BCUT2D eigenvalue weighted by Gasteiger charge is 2.38. The zero-order chi connectivity index (χ0) is 22.1. The van der Waals surface area contributed by atoms with E-state index in [4.69, 9.17) is 4.74 Å². The molecule has 1 aliphatic rings. The third kappa shape index (κ3) is 3.68. The zero-order valence-corrected chi connectivity index (χ0v) is 17.4. The molecule has 12 heteroatoms. The summed E-state index contributed by atoms with van der Waals surface area (Å²) in [5.74, 6) is -1.26. The smallest absolute Gasteiger partial charge is 0.355 e. The number of hydrogen-bond acceptors (Lipinski definition) is 9. The van der Waals surface area contributed by atoms with Gasteiger partial charge in [0.25, 0.3) is 5.69 Å². The van der Waals surface area contributed by atoms with Crippen LogP contribution in [-0.4, -0.2) is 44.0 Å². The molecule has 2 aromatic carbocycles. The molecule has 0 saturated heterocycles. The van der Waals surface area contributed by atoms with Crippen molar-refractivity contribution in [3.05, 3.63) is 85.5 Å². The maximum Gasteiger partial charge on any atom is 0.355 e. The average molecular weight is 485 g/mol. The number of non-ortho nitro benzene ring substituents is 1. The maximum absolute atomic E-state index is 13.6. The number of benzene rings is 2. The van der Waals surface area contributed by atoms with Gasteiger partial charge in [0.15, 0.2) is 5.78 Å². The molecule has 0 bridgehead atoms. The summed E-state index contributed by atoms with van der Waals surface area (Å²) in [6.07, 6.45) is 0. The van der Waals surface area contributed by atoms with E-state index in [1.807, 2.05) is 0 Å². The maximum atomic E-state index is 13.6. The second-order valence-electron chi connectivity index (χ2n) is 6.44. The topological polar surface area (TPSA) is 142 Å². The van der Waals surface area contributed by atoms with Crippen LogP contribution in [0.3, 0.4) is 0 Å². The Bertz CT molecular complexity index is 1240. The Morgan fingerprint density at radius 2 is 1.97 bits per heavy atom. The number of nitrogens with one attached hydrogen (secondary N) is 1. The number of nitro benzene ring substituents is 1. The molecule has 3 aromatic rings. The number of anilines is 1. The lowest BCUT2D eigenvalue weighted by molar-refractivity contribution is -0.384. The lowest BCUT2D eigenvalue weighted by Crippen LogP contribution is -2.33. The predicted octanol–water partition coefficient (Wildman–Crippen LogP) is 2.67. The predicted molar refractivity (Wildman–Crippen MR) is 110 cm³/mol. The number of Topliss-reactive ketones (excluding diaryl/α,β-unsaturated/α-hetero) is 1. The van der Waals surface area contributed by atoms with Crippen molar-refractivity contribution in [2.45, 2.75) is 6.04 Å². The molecule has 0 fully saturated rings. The second-order valence-corrected chi connectivity index (χ2v) is 7.36. The highest BCUT2D eigenvalue weighted by molar-refractivity contribution is 9.10. The number of rotatable bonds is 5. The molecule has 0 amide bonds. The number of nitro groups is 1. The first-order valence-electron chi connectivity index (χ1n) is 8.82. The number of halogens is 1. The molecule has 1 aromatic heterocycles. The van der Waals surface area contributed by atoms with Gasteiger partial charge in [-0.05, 0) is 28.1 Å². The highest BCUT2D eigenvalue weighted by atomic mass is 79.9. The number of esters is 1. The largest absolute Gasteiger partial charge is 0.464 e. The summed E-state index contributed by atoms with van der Waals surface area (Å²) in [5.41, 5.74) is 0.251. The van der Waals surface area contributed by atoms with Gasteiger partial charge in [-0.2, -0.15) is 4.68 Å². The molecule has 0 spiro atoms. The highest BCUT2D eigenvalue weighted by Crippen LogP contribution is 2.37.